The van der Waals surface area contributed by atoms with Gasteiger partial charge in [-0.2, -0.15) is 0 Å². The molecule has 1 fully saturated rings. The maximum absolute atomic E-state index is 11.9. The monoisotopic (exact) mass is 374 g/mol. The fourth-order valence-electron chi connectivity index (χ4n) is 2.71. The fraction of sp³-hybridized carbons (Fsp3) is 0.588. The van der Waals surface area contributed by atoms with Crippen molar-refractivity contribution < 1.29 is 4.79 Å². The molecule has 0 saturated carbocycles. The zero-order chi connectivity index (χ0) is 16.7. The number of nitrogens with one attached hydrogen (secondary N) is 1. The number of carbonyl (C=O) groups excluding carboxylic acids is 1. The van der Waals surface area contributed by atoms with Crippen LogP contribution in [0.5, 0.6) is 0 Å². The molecule has 1 N–H and O–H groups in total. The molecular formula is C17H24Cl2N2OS. The maximum atomic E-state index is 11.9. The number of halogens is 2. The summed E-state index contributed by atoms with van der Waals surface area (Å²) >= 11 is 13.6. The molecule has 0 spiro atoms. The van der Waals surface area contributed by atoms with Gasteiger partial charge in [0.1, 0.15) is 0 Å². The molecule has 0 radical (unpaired) electrons. The Labute approximate surface area is 153 Å². The summed E-state index contributed by atoms with van der Waals surface area (Å²) in [6, 6.07) is 5.47. The van der Waals surface area contributed by atoms with Crippen LogP contribution in [0.25, 0.3) is 0 Å². The van der Waals surface area contributed by atoms with Gasteiger partial charge in [0.25, 0.3) is 0 Å². The third-order valence-corrected chi connectivity index (χ3v) is 5.79. The highest BCUT2D eigenvalue weighted by atomic mass is 35.5. The summed E-state index contributed by atoms with van der Waals surface area (Å²) in [4.78, 5) is 14.2. The van der Waals surface area contributed by atoms with Gasteiger partial charge in [-0.1, -0.05) is 29.3 Å². The summed E-state index contributed by atoms with van der Waals surface area (Å²) in [6.07, 6.45) is 3.58. The molecule has 0 aliphatic carbocycles. The van der Waals surface area contributed by atoms with Crippen LogP contribution in [0.4, 0.5) is 0 Å². The van der Waals surface area contributed by atoms with E-state index in [1.54, 1.807) is 17.8 Å². The number of nitrogens with zero attached hydrogens (tertiary/aromatic N) is 1. The highest BCUT2D eigenvalue weighted by molar-refractivity contribution is 7.99. The lowest BCUT2D eigenvalue weighted by atomic mass is 9.94. The van der Waals surface area contributed by atoms with E-state index in [2.05, 4.69) is 17.3 Å². The Morgan fingerprint density at radius 1 is 1.35 bits per heavy atom. The predicted octanol–water partition coefficient (Wildman–Crippen LogP) is 4.07. The number of piperidine rings is 1. The standard InChI is InChI=1S/C17H24Cl2N2OS/c1-21-8-5-13(6-9-21)4-7-20-17(22)12-23-11-14-2-3-15(18)10-16(14)19/h2-3,10,13H,4-9,11-12H2,1H3,(H,20,22). The van der Waals surface area contributed by atoms with Crippen LogP contribution < -0.4 is 5.32 Å². The highest BCUT2D eigenvalue weighted by Crippen LogP contribution is 2.24. The molecule has 1 heterocycles. The smallest absolute Gasteiger partial charge is 0.230 e. The Balaban J connectivity index is 1.58. The molecule has 1 amide bonds. The van der Waals surface area contributed by atoms with E-state index in [0.717, 1.165) is 30.2 Å². The summed E-state index contributed by atoms with van der Waals surface area (Å²) in [5, 5.41) is 4.32. The van der Waals surface area contributed by atoms with Crippen LogP contribution in [-0.4, -0.2) is 43.2 Å². The van der Waals surface area contributed by atoms with E-state index in [4.69, 9.17) is 23.2 Å². The van der Waals surface area contributed by atoms with E-state index in [1.165, 1.54) is 25.9 Å². The first kappa shape index (κ1) is 18.9. The quantitative estimate of drug-likeness (QED) is 0.780. The van der Waals surface area contributed by atoms with Crippen molar-refractivity contribution in [3.8, 4) is 0 Å². The summed E-state index contributed by atoms with van der Waals surface area (Å²) in [7, 11) is 2.17. The minimum Gasteiger partial charge on any atom is -0.355 e. The van der Waals surface area contributed by atoms with Crippen LogP contribution in [0.15, 0.2) is 18.2 Å². The molecular weight excluding hydrogens is 351 g/mol. The van der Waals surface area contributed by atoms with Crippen LogP contribution in [-0.2, 0) is 10.5 Å². The van der Waals surface area contributed by atoms with Crippen LogP contribution in [0.3, 0.4) is 0 Å². The van der Waals surface area contributed by atoms with Gasteiger partial charge < -0.3 is 10.2 Å². The highest BCUT2D eigenvalue weighted by Gasteiger charge is 2.16. The third kappa shape index (κ3) is 6.92. The van der Waals surface area contributed by atoms with E-state index < -0.39 is 0 Å². The minimum atomic E-state index is 0.105. The molecule has 1 aliphatic rings. The Bertz CT molecular complexity index is 519. The average Bonchev–Trinajstić information content (AvgIpc) is 2.51. The molecule has 1 aromatic rings. The number of thioether (sulfide) groups is 1. The second kappa shape index (κ2) is 9.77. The maximum Gasteiger partial charge on any atom is 0.230 e. The molecule has 1 saturated heterocycles. The molecule has 1 aliphatic heterocycles. The predicted molar refractivity (Wildman–Crippen MR) is 100 cm³/mol. The number of likely N-dealkylation sites (tertiary alicyclic amines) is 1. The van der Waals surface area contributed by atoms with Crippen molar-refractivity contribution in [1.29, 1.82) is 0 Å². The van der Waals surface area contributed by atoms with Crippen LogP contribution in [0.1, 0.15) is 24.8 Å². The fourth-order valence-corrected chi connectivity index (χ4v) is 4.13. The van der Waals surface area contributed by atoms with Gasteiger partial charge in [0.05, 0.1) is 5.75 Å². The average molecular weight is 375 g/mol. The Morgan fingerprint density at radius 3 is 2.78 bits per heavy atom. The van der Waals surface area contributed by atoms with Crippen molar-refractivity contribution in [3.05, 3.63) is 33.8 Å². The topological polar surface area (TPSA) is 32.3 Å². The largest absolute Gasteiger partial charge is 0.355 e. The summed E-state index contributed by atoms with van der Waals surface area (Å²) in [5.41, 5.74) is 1.01. The van der Waals surface area contributed by atoms with Crippen molar-refractivity contribution in [1.82, 2.24) is 10.2 Å². The molecule has 6 heteroatoms. The van der Waals surface area contributed by atoms with E-state index >= 15 is 0 Å². The Morgan fingerprint density at radius 2 is 2.09 bits per heavy atom. The van der Waals surface area contributed by atoms with Crippen molar-refractivity contribution in [3.63, 3.8) is 0 Å². The lowest BCUT2D eigenvalue weighted by Crippen LogP contribution is -2.33. The van der Waals surface area contributed by atoms with Crippen LogP contribution in [0, 0.1) is 5.92 Å². The second-order valence-corrected chi connectivity index (χ2v) is 7.94. The molecule has 3 nitrogen and oxygen atoms in total. The molecule has 0 unspecified atom stereocenters. The van der Waals surface area contributed by atoms with Gasteiger partial charge in [-0.25, -0.2) is 0 Å². The number of benzene rings is 1. The lowest BCUT2D eigenvalue weighted by molar-refractivity contribution is -0.118. The summed E-state index contributed by atoms with van der Waals surface area (Å²) < 4.78 is 0. The minimum absolute atomic E-state index is 0.105. The Hall–Kier alpha value is -0.420. The zero-order valence-electron chi connectivity index (χ0n) is 13.5. The molecule has 0 aromatic heterocycles. The first-order valence-corrected chi connectivity index (χ1v) is 9.92. The number of amides is 1. The second-order valence-electron chi connectivity index (χ2n) is 6.11. The van der Waals surface area contributed by atoms with E-state index in [9.17, 15) is 4.79 Å². The first-order chi connectivity index (χ1) is 11.0. The number of carbonyl (C=O) groups is 1. The van der Waals surface area contributed by atoms with E-state index in [0.29, 0.717) is 15.8 Å². The molecule has 2 rings (SSSR count). The van der Waals surface area contributed by atoms with Crippen molar-refractivity contribution in [2.45, 2.75) is 25.0 Å². The van der Waals surface area contributed by atoms with Gasteiger partial charge >= 0.3 is 0 Å². The SMILES string of the molecule is CN1CCC(CCNC(=O)CSCc2ccc(Cl)cc2Cl)CC1. The normalized spacial score (nSPS) is 16.5. The van der Waals surface area contributed by atoms with Crippen molar-refractivity contribution in [2.75, 3.05) is 32.4 Å². The van der Waals surface area contributed by atoms with Crippen molar-refractivity contribution >= 4 is 40.9 Å². The van der Waals surface area contributed by atoms with Crippen LogP contribution in [0.2, 0.25) is 10.0 Å². The molecule has 23 heavy (non-hydrogen) atoms. The molecule has 0 atom stereocenters. The van der Waals surface area contributed by atoms with Gasteiger partial charge in [0.2, 0.25) is 5.91 Å². The van der Waals surface area contributed by atoms with Gasteiger partial charge in [0.15, 0.2) is 0 Å². The van der Waals surface area contributed by atoms with Gasteiger partial charge in [0, 0.05) is 22.3 Å². The summed E-state index contributed by atoms with van der Waals surface area (Å²) in [6.45, 7) is 3.14. The molecule has 1 aromatic carbocycles. The number of hydrogen-bond donors (Lipinski definition) is 1. The lowest BCUT2D eigenvalue weighted by Gasteiger charge is -2.28. The first-order valence-electron chi connectivity index (χ1n) is 8.01. The van der Waals surface area contributed by atoms with Gasteiger partial charge in [-0.3, -0.25) is 4.79 Å². The van der Waals surface area contributed by atoms with E-state index in [1.807, 2.05) is 12.1 Å². The zero-order valence-corrected chi connectivity index (χ0v) is 15.8. The van der Waals surface area contributed by atoms with Gasteiger partial charge in [-0.05, 0) is 63.0 Å². The Kier molecular flexibility index (Phi) is 8.04. The number of hydrogen-bond acceptors (Lipinski definition) is 3. The van der Waals surface area contributed by atoms with Crippen LogP contribution >= 0.6 is 35.0 Å². The molecule has 0 bridgehead atoms. The van der Waals surface area contributed by atoms with E-state index in [-0.39, 0.29) is 5.91 Å². The third-order valence-electron chi connectivity index (χ3n) is 4.22. The van der Waals surface area contributed by atoms with Crippen molar-refractivity contribution in [2.24, 2.45) is 5.92 Å². The van der Waals surface area contributed by atoms with Gasteiger partial charge in [-0.15, -0.1) is 11.8 Å². The molecule has 128 valence electrons. The summed E-state index contributed by atoms with van der Waals surface area (Å²) in [5.74, 6) is 2.05. The number of rotatable bonds is 7.